The van der Waals surface area contributed by atoms with Crippen molar-refractivity contribution < 1.29 is 4.79 Å². The third kappa shape index (κ3) is 2.47. The Hall–Kier alpha value is -1.57. The zero-order valence-electron chi connectivity index (χ0n) is 11.2. The Morgan fingerprint density at radius 2 is 1.72 bits per heavy atom. The van der Waals surface area contributed by atoms with E-state index in [0.29, 0.717) is 0 Å². The maximum absolute atomic E-state index is 12.1. The van der Waals surface area contributed by atoms with Crippen LogP contribution in [-0.4, -0.2) is 5.91 Å². The van der Waals surface area contributed by atoms with E-state index in [1.54, 1.807) is 0 Å². The molecule has 0 radical (unpaired) electrons. The Morgan fingerprint density at radius 1 is 1.06 bits per heavy atom. The molecular formula is C16H21NO. The van der Waals surface area contributed by atoms with Crippen LogP contribution in [0, 0.1) is 0 Å². The van der Waals surface area contributed by atoms with Crippen molar-refractivity contribution in [2.75, 3.05) is 0 Å². The smallest absolute Gasteiger partial charge is 0.247 e. The number of hydrogen-bond donors (Lipinski definition) is 1. The van der Waals surface area contributed by atoms with E-state index in [1.807, 2.05) is 18.2 Å². The predicted octanol–water partition coefficient (Wildman–Crippen LogP) is 3.75. The van der Waals surface area contributed by atoms with Crippen molar-refractivity contribution in [3.05, 3.63) is 47.0 Å². The molecule has 1 N–H and O–H groups in total. The van der Waals surface area contributed by atoms with E-state index in [9.17, 15) is 4.79 Å². The third-order valence-corrected chi connectivity index (χ3v) is 3.44. The van der Waals surface area contributed by atoms with E-state index in [0.717, 1.165) is 31.3 Å². The van der Waals surface area contributed by atoms with Crippen molar-refractivity contribution in [3.63, 3.8) is 0 Å². The van der Waals surface area contributed by atoms with Gasteiger partial charge in [-0.15, -0.1) is 0 Å². The van der Waals surface area contributed by atoms with Crippen LogP contribution in [0.5, 0.6) is 0 Å². The zero-order valence-corrected chi connectivity index (χ0v) is 11.2. The Kier molecular flexibility index (Phi) is 4.19. The van der Waals surface area contributed by atoms with E-state index in [4.69, 9.17) is 0 Å². The van der Waals surface area contributed by atoms with Crippen LogP contribution < -0.4 is 5.32 Å². The molecule has 0 saturated heterocycles. The second kappa shape index (κ2) is 5.85. The normalized spacial score (nSPS) is 19.2. The fraction of sp³-hybridized carbons (Fsp3) is 0.438. The van der Waals surface area contributed by atoms with Gasteiger partial charge in [-0.05, 0) is 24.0 Å². The van der Waals surface area contributed by atoms with Gasteiger partial charge in [0.15, 0.2) is 0 Å². The van der Waals surface area contributed by atoms with Crippen molar-refractivity contribution in [2.45, 2.75) is 45.6 Å². The Labute approximate surface area is 109 Å². The summed E-state index contributed by atoms with van der Waals surface area (Å²) in [4.78, 5) is 12.1. The lowest BCUT2D eigenvalue weighted by Crippen LogP contribution is -2.22. The van der Waals surface area contributed by atoms with E-state index < -0.39 is 0 Å². The Morgan fingerprint density at radius 3 is 2.33 bits per heavy atom. The highest BCUT2D eigenvalue weighted by Gasteiger charge is 2.30. The van der Waals surface area contributed by atoms with Crippen LogP contribution in [0.1, 0.15) is 51.1 Å². The van der Waals surface area contributed by atoms with Gasteiger partial charge in [0.1, 0.15) is 0 Å². The lowest BCUT2D eigenvalue weighted by atomic mass is 9.93. The van der Waals surface area contributed by atoms with Gasteiger partial charge in [0.05, 0.1) is 6.04 Å². The van der Waals surface area contributed by atoms with Crippen LogP contribution in [0.3, 0.4) is 0 Å². The summed E-state index contributed by atoms with van der Waals surface area (Å²) in [7, 11) is 0. The minimum absolute atomic E-state index is 0.0974. The van der Waals surface area contributed by atoms with Crippen molar-refractivity contribution in [1.82, 2.24) is 5.32 Å². The highest BCUT2D eigenvalue weighted by atomic mass is 16.2. The molecule has 2 rings (SSSR count). The van der Waals surface area contributed by atoms with Gasteiger partial charge in [-0.3, -0.25) is 4.79 Å². The highest BCUT2D eigenvalue weighted by Crippen LogP contribution is 2.34. The average molecular weight is 243 g/mol. The van der Waals surface area contributed by atoms with E-state index in [1.165, 1.54) is 11.1 Å². The molecule has 1 unspecified atom stereocenters. The van der Waals surface area contributed by atoms with Crippen molar-refractivity contribution in [2.24, 2.45) is 0 Å². The summed E-state index contributed by atoms with van der Waals surface area (Å²) in [5.41, 5.74) is 3.52. The fourth-order valence-corrected chi connectivity index (χ4v) is 2.64. The lowest BCUT2D eigenvalue weighted by Gasteiger charge is -2.15. The summed E-state index contributed by atoms with van der Waals surface area (Å²) in [5.74, 6) is 0.133. The molecule has 1 heterocycles. The van der Waals surface area contributed by atoms with Crippen LogP contribution in [0.25, 0.3) is 0 Å². The second-order valence-corrected chi connectivity index (χ2v) is 4.82. The quantitative estimate of drug-likeness (QED) is 0.838. The molecule has 1 aliphatic rings. The third-order valence-electron chi connectivity index (χ3n) is 3.44. The number of carbonyl (C=O) groups is 1. The van der Waals surface area contributed by atoms with Crippen molar-refractivity contribution in [3.8, 4) is 0 Å². The minimum atomic E-state index is 0.0974. The topological polar surface area (TPSA) is 29.1 Å². The molecule has 0 saturated carbocycles. The first-order valence-electron chi connectivity index (χ1n) is 6.85. The van der Waals surface area contributed by atoms with Gasteiger partial charge in [0, 0.05) is 5.57 Å². The van der Waals surface area contributed by atoms with Crippen LogP contribution in [0.4, 0.5) is 0 Å². The summed E-state index contributed by atoms with van der Waals surface area (Å²) in [6, 6.07) is 10.4. The summed E-state index contributed by atoms with van der Waals surface area (Å²) < 4.78 is 0. The van der Waals surface area contributed by atoms with Crippen molar-refractivity contribution >= 4 is 5.91 Å². The molecule has 1 aromatic rings. The standard InChI is InChI=1S/C16H21NO/c1-3-8-13-14(9-4-2)16(18)17-15(13)12-10-6-5-7-11-12/h5-7,10-11,15H,3-4,8-9H2,1-2H3,(H,17,18). The first kappa shape index (κ1) is 12.9. The number of rotatable bonds is 5. The summed E-state index contributed by atoms with van der Waals surface area (Å²) in [6.07, 6.45) is 4.01. The molecule has 0 aromatic heterocycles. The van der Waals surface area contributed by atoms with Crippen LogP contribution in [-0.2, 0) is 4.79 Å². The van der Waals surface area contributed by atoms with Crippen LogP contribution in [0.15, 0.2) is 41.5 Å². The fourth-order valence-electron chi connectivity index (χ4n) is 2.64. The number of hydrogen-bond acceptors (Lipinski definition) is 1. The molecule has 1 amide bonds. The van der Waals surface area contributed by atoms with Gasteiger partial charge in [0.25, 0.3) is 0 Å². The molecule has 0 aliphatic carbocycles. The Bertz CT molecular complexity index is 447. The maximum atomic E-state index is 12.1. The van der Waals surface area contributed by atoms with Gasteiger partial charge in [-0.2, -0.15) is 0 Å². The predicted molar refractivity (Wildman–Crippen MR) is 74.2 cm³/mol. The van der Waals surface area contributed by atoms with E-state index >= 15 is 0 Å². The van der Waals surface area contributed by atoms with E-state index in [-0.39, 0.29) is 11.9 Å². The Balaban J connectivity index is 2.34. The highest BCUT2D eigenvalue weighted by molar-refractivity contribution is 5.97. The lowest BCUT2D eigenvalue weighted by molar-refractivity contribution is -0.117. The zero-order chi connectivity index (χ0) is 13.0. The molecule has 18 heavy (non-hydrogen) atoms. The van der Waals surface area contributed by atoms with Gasteiger partial charge >= 0.3 is 0 Å². The number of benzene rings is 1. The summed E-state index contributed by atoms with van der Waals surface area (Å²) in [5, 5.41) is 3.13. The van der Waals surface area contributed by atoms with Gasteiger partial charge < -0.3 is 5.32 Å². The summed E-state index contributed by atoms with van der Waals surface area (Å²) in [6.45, 7) is 4.29. The molecule has 0 spiro atoms. The first-order chi connectivity index (χ1) is 8.77. The van der Waals surface area contributed by atoms with Gasteiger partial charge in [-0.1, -0.05) is 57.0 Å². The monoisotopic (exact) mass is 243 g/mol. The molecule has 1 atom stereocenters. The molecule has 2 heteroatoms. The maximum Gasteiger partial charge on any atom is 0.247 e. The molecule has 1 aromatic carbocycles. The van der Waals surface area contributed by atoms with Gasteiger partial charge in [-0.25, -0.2) is 0 Å². The first-order valence-corrected chi connectivity index (χ1v) is 6.85. The van der Waals surface area contributed by atoms with Crippen LogP contribution >= 0.6 is 0 Å². The summed E-state index contributed by atoms with van der Waals surface area (Å²) >= 11 is 0. The average Bonchev–Trinajstić information content (AvgIpc) is 2.70. The van der Waals surface area contributed by atoms with E-state index in [2.05, 4.69) is 31.3 Å². The molecule has 0 bridgehead atoms. The molecule has 0 fully saturated rings. The SMILES string of the molecule is CCCC1=C(CCC)C(c2ccccc2)NC1=O. The number of nitrogens with one attached hydrogen (secondary N) is 1. The van der Waals surface area contributed by atoms with Gasteiger partial charge in [0.2, 0.25) is 5.91 Å². The number of amides is 1. The molecular weight excluding hydrogens is 222 g/mol. The molecule has 96 valence electrons. The van der Waals surface area contributed by atoms with Crippen LogP contribution in [0.2, 0.25) is 0 Å². The largest absolute Gasteiger partial charge is 0.342 e. The number of carbonyl (C=O) groups excluding carboxylic acids is 1. The second-order valence-electron chi connectivity index (χ2n) is 4.82. The van der Waals surface area contributed by atoms with Crippen molar-refractivity contribution in [1.29, 1.82) is 0 Å². The molecule has 2 nitrogen and oxygen atoms in total. The molecule has 1 aliphatic heterocycles. The minimum Gasteiger partial charge on any atom is -0.342 e.